The van der Waals surface area contributed by atoms with Crippen molar-refractivity contribution in [1.82, 2.24) is 0 Å². The third-order valence-corrected chi connectivity index (χ3v) is 6.15. The minimum atomic E-state index is -1.18. The minimum Gasteiger partial charge on any atom is -0.463 e. The van der Waals surface area contributed by atoms with Gasteiger partial charge in [-0.3, -0.25) is 14.4 Å². The van der Waals surface area contributed by atoms with Crippen LogP contribution in [0.1, 0.15) is 20.8 Å². The van der Waals surface area contributed by atoms with Gasteiger partial charge in [0.1, 0.15) is 36.4 Å². The van der Waals surface area contributed by atoms with E-state index >= 15 is 0 Å². The molecular weight excluding hydrogens is 473 g/mol. The maximum absolute atomic E-state index is 11.8. The molecule has 10 nitrogen and oxygen atoms in total. The normalized spacial score (nSPS) is 25.1. The van der Waals surface area contributed by atoms with E-state index in [0.717, 1.165) is 18.7 Å². The lowest BCUT2D eigenvalue weighted by molar-refractivity contribution is -0.201. The quantitative estimate of drug-likeness (QED) is 0.184. The van der Waals surface area contributed by atoms with Gasteiger partial charge in [-0.1, -0.05) is 46.1 Å². The molecule has 1 heterocycles. The number of carbonyl (C=O) groups is 3. The lowest BCUT2D eigenvalue weighted by atomic mass is 9.97. The Balaban J connectivity index is 2.47. The van der Waals surface area contributed by atoms with Gasteiger partial charge in [0.15, 0.2) is 0 Å². The Kier molecular flexibility index (Phi) is 9.27. The summed E-state index contributed by atoms with van der Waals surface area (Å²) in [4.78, 5) is 38.0. The molecule has 31 heavy (non-hydrogen) atoms. The zero-order valence-electron chi connectivity index (χ0n) is 16.7. The highest BCUT2D eigenvalue weighted by Gasteiger charge is 2.50. The largest absolute Gasteiger partial charge is 0.463 e. The molecule has 1 fully saturated rings. The van der Waals surface area contributed by atoms with E-state index in [4.69, 9.17) is 47.7 Å². The van der Waals surface area contributed by atoms with Crippen molar-refractivity contribution < 1.29 is 33.3 Å². The van der Waals surface area contributed by atoms with Crippen molar-refractivity contribution in [3.63, 3.8) is 0 Å². The summed E-state index contributed by atoms with van der Waals surface area (Å²) in [6.45, 7) is 3.24. The van der Waals surface area contributed by atoms with Crippen molar-refractivity contribution >= 4 is 52.9 Å². The summed E-state index contributed by atoms with van der Waals surface area (Å²) in [5, 5.41) is 4.24. The van der Waals surface area contributed by atoms with Gasteiger partial charge < -0.3 is 18.9 Å². The number of azide groups is 1. The van der Waals surface area contributed by atoms with Gasteiger partial charge in [0, 0.05) is 30.6 Å². The molecule has 0 bridgehead atoms. The minimum absolute atomic E-state index is 0.248. The lowest BCUT2D eigenvalue weighted by Gasteiger charge is -2.43. The lowest BCUT2D eigenvalue weighted by Crippen LogP contribution is -2.59. The number of esters is 3. The molecular formula is C18H19Cl2N3O7S. The van der Waals surface area contributed by atoms with E-state index in [1.54, 1.807) is 18.2 Å². The number of thioether (sulfide) groups is 1. The molecule has 13 heteroatoms. The van der Waals surface area contributed by atoms with Crippen LogP contribution in [0.5, 0.6) is 0 Å². The number of halogens is 2. The van der Waals surface area contributed by atoms with Gasteiger partial charge in [-0.25, -0.2) is 0 Å². The van der Waals surface area contributed by atoms with Gasteiger partial charge in [0.2, 0.25) is 0 Å². The molecule has 0 aliphatic carbocycles. The van der Waals surface area contributed by atoms with E-state index in [2.05, 4.69) is 10.0 Å². The number of rotatable bonds is 7. The second-order valence-electron chi connectivity index (χ2n) is 6.36. The zero-order valence-corrected chi connectivity index (χ0v) is 19.0. The molecule has 1 aliphatic heterocycles. The predicted octanol–water partition coefficient (Wildman–Crippen LogP) is 3.92. The van der Waals surface area contributed by atoms with E-state index in [-0.39, 0.29) is 11.6 Å². The van der Waals surface area contributed by atoms with Gasteiger partial charge in [-0.05, 0) is 17.7 Å². The number of ether oxygens (including phenoxy) is 4. The fourth-order valence-electron chi connectivity index (χ4n) is 2.87. The number of hydrogen-bond donors (Lipinski definition) is 0. The SMILES string of the molecule is CC(=O)OC[C@H]1O[C@H](Sc2cccc(Cl)c2Cl)[C@H](OC(C)=O)[C@@H](N=[N+]=[N-])[C@H]1OC(C)=O. The molecule has 0 aromatic heterocycles. The van der Waals surface area contributed by atoms with Crippen molar-refractivity contribution in [1.29, 1.82) is 0 Å². The predicted molar refractivity (Wildman–Crippen MR) is 112 cm³/mol. The van der Waals surface area contributed by atoms with Crippen molar-refractivity contribution in [3.8, 4) is 0 Å². The van der Waals surface area contributed by atoms with Gasteiger partial charge in [0.05, 0.1) is 10.0 Å². The molecule has 0 amide bonds. The van der Waals surface area contributed by atoms with Crippen LogP contribution >= 0.6 is 35.0 Å². The molecule has 168 valence electrons. The third kappa shape index (κ3) is 6.91. The summed E-state index contributed by atoms with van der Waals surface area (Å²) in [7, 11) is 0. The molecule has 0 radical (unpaired) electrons. The van der Waals surface area contributed by atoms with Crippen LogP contribution < -0.4 is 0 Å². The van der Waals surface area contributed by atoms with E-state index < -0.39 is 47.7 Å². The van der Waals surface area contributed by atoms with Gasteiger partial charge >= 0.3 is 17.9 Å². The average molecular weight is 492 g/mol. The van der Waals surface area contributed by atoms with E-state index in [9.17, 15) is 14.4 Å². The Bertz CT molecular complexity index is 897. The Hall–Kier alpha value is -2.17. The second-order valence-corrected chi connectivity index (χ2v) is 8.28. The molecule has 0 N–H and O–H groups in total. The summed E-state index contributed by atoms with van der Waals surface area (Å²) >= 11 is 13.4. The van der Waals surface area contributed by atoms with Crippen LogP contribution in [0, 0.1) is 0 Å². The third-order valence-electron chi connectivity index (χ3n) is 4.02. The molecule has 5 atom stereocenters. The smallest absolute Gasteiger partial charge is 0.303 e. The number of hydrogen-bond acceptors (Lipinski definition) is 9. The summed E-state index contributed by atoms with van der Waals surface area (Å²) in [6, 6.07) is 3.78. The highest BCUT2D eigenvalue weighted by Crippen LogP contribution is 2.41. The molecule has 1 aromatic carbocycles. The summed E-state index contributed by atoms with van der Waals surface area (Å²) in [5.41, 5.74) is 8.13. The Morgan fingerprint density at radius 1 is 1.13 bits per heavy atom. The standard InChI is InChI=1S/C18H19Cl2N3O7S/c1-8(24)27-7-12-16(28-9(2)25)15(22-23-21)17(29-10(3)26)18(30-12)31-13-6-4-5-11(19)14(13)20/h4-6,12,15-18H,7H2,1-3H3/t12-,15+,16+,17-,18-/m1/s1. The first-order valence-corrected chi connectivity index (χ1v) is 10.6. The monoisotopic (exact) mass is 491 g/mol. The highest BCUT2D eigenvalue weighted by atomic mass is 35.5. The summed E-state index contributed by atoms with van der Waals surface area (Å²) in [6.07, 6.45) is -3.33. The molecule has 0 saturated carbocycles. The molecule has 0 spiro atoms. The molecule has 1 aromatic rings. The van der Waals surface area contributed by atoms with Crippen LogP contribution in [0.25, 0.3) is 10.4 Å². The topological polar surface area (TPSA) is 137 Å². The number of carbonyl (C=O) groups excluding carboxylic acids is 3. The Morgan fingerprint density at radius 2 is 1.77 bits per heavy atom. The first-order valence-electron chi connectivity index (χ1n) is 8.92. The Labute approximate surface area is 192 Å². The van der Waals surface area contributed by atoms with E-state index in [0.29, 0.717) is 9.92 Å². The highest BCUT2D eigenvalue weighted by molar-refractivity contribution is 8.00. The van der Waals surface area contributed by atoms with Crippen molar-refractivity contribution in [2.24, 2.45) is 5.11 Å². The van der Waals surface area contributed by atoms with Gasteiger partial charge in [0.25, 0.3) is 0 Å². The van der Waals surface area contributed by atoms with Crippen molar-refractivity contribution in [3.05, 3.63) is 38.7 Å². The fraction of sp³-hybridized carbons (Fsp3) is 0.500. The maximum atomic E-state index is 11.8. The number of benzene rings is 1. The van der Waals surface area contributed by atoms with Crippen LogP contribution in [-0.4, -0.2) is 54.3 Å². The van der Waals surface area contributed by atoms with Gasteiger partial charge in [-0.2, -0.15) is 0 Å². The first kappa shape index (κ1) is 25.1. The van der Waals surface area contributed by atoms with Crippen LogP contribution in [0.15, 0.2) is 28.2 Å². The second kappa shape index (κ2) is 11.4. The summed E-state index contributed by atoms with van der Waals surface area (Å²) < 4.78 is 21.7. The molecule has 1 saturated heterocycles. The molecule has 0 unspecified atom stereocenters. The zero-order chi connectivity index (χ0) is 23.1. The Morgan fingerprint density at radius 3 is 2.35 bits per heavy atom. The first-order chi connectivity index (χ1) is 14.6. The van der Waals surface area contributed by atoms with Crippen LogP contribution in [-0.2, 0) is 33.3 Å². The van der Waals surface area contributed by atoms with Crippen LogP contribution in [0.4, 0.5) is 0 Å². The maximum Gasteiger partial charge on any atom is 0.303 e. The number of nitrogens with zero attached hydrogens (tertiary/aromatic N) is 3. The fourth-order valence-corrected chi connectivity index (χ4v) is 4.53. The van der Waals surface area contributed by atoms with Crippen LogP contribution in [0.2, 0.25) is 10.0 Å². The molecule has 1 aliphatic rings. The van der Waals surface area contributed by atoms with E-state index in [1.807, 2.05) is 0 Å². The molecule has 2 rings (SSSR count). The van der Waals surface area contributed by atoms with Crippen molar-refractivity contribution in [2.75, 3.05) is 6.61 Å². The average Bonchev–Trinajstić information content (AvgIpc) is 2.67. The van der Waals surface area contributed by atoms with E-state index in [1.165, 1.54) is 13.8 Å². The van der Waals surface area contributed by atoms with Crippen molar-refractivity contribution in [2.45, 2.75) is 55.5 Å². The summed E-state index contributed by atoms with van der Waals surface area (Å²) in [5.74, 6) is -1.95. The van der Waals surface area contributed by atoms with Crippen LogP contribution in [0.3, 0.4) is 0 Å². The van der Waals surface area contributed by atoms with Gasteiger partial charge in [-0.15, -0.1) is 0 Å².